The smallest absolute Gasteiger partial charge is 0.289 e. The number of primary amides is 1. The summed E-state index contributed by atoms with van der Waals surface area (Å²) in [6, 6.07) is 16.6. The molecular formula is C20H19N3O3. The molecule has 0 bridgehead atoms. The number of nitrogens with one attached hydrogen (secondary N) is 1. The highest BCUT2D eigenvalue weighted by atomic mass is 16.2. The number of carbonyl (C=O) groups excluding carboxylic acids is 3. The summed E-state index contributed by atoms with van der Waals surface area (Å²) in [5.41, 5.74) is 7.03. The largest absolute Gasteiger partial charge is 0.363 e. The van der Waals surface area contributed by atoms with Gasteiger partial charge in [-0.2, -0.15) is 0 Å². The van der Waals surface area contributed by atoms with Gasteiger partial charge in [-0.3, -0.25) is 14.4 Å². The van der Waals surface area contributed by atoms with E-state index in [4.69, 9.17) is 5.73 Å². The van der Waals surface area contributed by atoms with Crippen molar-refractivity contribution in [3.63, 3.8) is 0 Å². The molecule has 2 aromatic carbocycles. The molecule has 26 heavy (non-hydrogen) atoms. The van der Waals surface area contributed by atoms with Crippen molar-refractivity contribution >= 4 is 28.5 Å². The summed E-state index contributed by atoms with van der Waals surface area (Å²) in [6.45, 7) is 1.94. The molecule has 0 saturated carbocycles. The highest BCUT2D eigenvalue weighted by molar-refractivity contribution is 6.44. The van der Waals surface area contributed by atoms with Crippen LogP contribution in [0.1, 0.15) is 28.9 Å². The first-order valence-electron chi connectivity index (χ1n) is 8.23. The second-order valence-corrected chi connectivity index (χ2v) is 6.08. The van der Waals surface area contributed by atoms with E-state index in [1.165, 1.54) is 6.20 Å². The highest BCUT2D eigenvalue weighted by Crippen LogP contribution is 2.22. The summed E-state index contributed by atoms with van der Waals surface area (Å²) in [6.07, 6.45) is 1.50. The third kappa shape index (κ3) is 3.49. The predicted octanol–water partition coefficient (Wildman–Crippen LogP) is 2.19. The fourth-order valence-corrected chi connectivity index (χ4v) is 2.96. The summed E-state index contributed by atoms with van der Waals surface area (Å²) in [7, 11) is 0. The molecule has 0 aliphatic rings. The van der Waals surface area contributed by atoms with Gasteiger partial charge in [-0.15, -0.1) is 0 Å². The molecule has 6 heteroatoms. The topological polar surface area (TPSA) is 94.2 Å². The number of rotatable bonds is 6. The number of aromatic nitrogens is 1. The van der Waals surface area contributed by atoms with Crippen LogP contribution in [0.2, 0.25) is 0 Å². The Labute approximate surface area is 150 Å². The molecule has 1 aromatic heterocycles. The Kier molecular flexibility index (Phi) is 4.84. The van der Waals surface area contributed by atoms with Crippen LogP contribution in [0.4, 0.5) is 0 Å². The Morgan fingerprint density at radius 3 is 2.38 bits per heavy atom. The van der Waals surface area contributed by atoms with E-state index in [2.05, 4.69) is 5.32 Å². The monoisotopic (exact) mass is 349 g/mol. The fraction of sp³-hybridized carbons (Fsp3) is 0.150. The first kappa shape index (κ1) is 17.4. The van der Waals surface area contributed by atoms with Crippen LogP contribution in [0.3, 0.4) is 0 Å². The normalized spacial score (nSPS) is 11.9. The van der Waals surface area contributed by atoms with Gasteiger partial charge in [0.15, 0.2) is 0 Å². The van der Waals surface area contributed by atoms with E-state index in [0.29, 0.717) is 10.9 Å². The van der Waals surface area contributed by atoms with Gasteiger partial charge in [0.05, 0.1) is 11.6 Å². The van der Waals surface area contributed by atoms with Gasteiger partial charge in [0.2, 0.25) is 5.91 Å². The van der Waals surface area contributed by atoms with E-state index in [1.54, 1.807) is 22.8 Å². The lowest BCUT2D eigenvalue weighted by Crippen LogP contribution is -2.30. The van der Waals surface area contributed by atoms with Crippen molar-refractivity contribution in [2.75, 3.05) is 0 Å². The van der Waals surface area contributed by atoms with E-state index in [-0.39, 0.29) is 24.1 Å². The first-order chi connectivity index (χ1) is 12.5. The molecule has 6 nitrogen and oxygen atoms in total. The Morgan fingerprint density at radius 2 is 1.69 bits per heavy atom. The van der Waals surface area contributed by atoms with Crippen LogP contribution >= 0.6 is 0 Å². The third-order valence-corrected chi connectivity index (χ3v) is 4.25. The average Bonchev–Trinajstić information content (AvgIpc) is 3.00. The lowest BCUT2D eigenvalue weighted by molar-refractivity contribution is -0.122. The maximum atomic E-state index is 12.4. The Bertz CT molecular complexity index is 976. The van der Waals surface area contributed by atoms with Crippen LogP contribution in [0.15, 0.2) is 60.8 Å². The minimum absolute atomic E-state index is 0.0315. The number of para-hydroxylation sites is 1. The van der Waals surface area contributed by atoms with Crippen molar-refractivity contribution in [1.29, 1.82) is 0 Å². The number of hydrogen-bond donors (Lipinski definition) is 2. The average molecular weight is 349 g/mol. The van der Waals surface area contributed by atoms with Crippen LogP contribution in [0.5, 0.6) is 0 Å². The molecule has 0 radical (unpaired) electrons. The van der Waals surface area contributed by atoms with Gasteiger partial charge in [-0.05, 0) is 18.6 Å². The first-order valence-corrected chi connectivity index (χ1v) is 8.23. The van der Waals surface area contributed by atoms with Crippen LogP contribution in [-0.2, 0) is 16.1 Å². The van der Waals surface area contributed by atoms with Gasteiger partial charge in [0, 0.05) is 17.1 Å². The van der Waals surface area contributed by atoms with E-state index < -0.39 is 11.7 Å². The molecule has 3 N–H and O–H groups in total. The quantitative estimate of drug-likeness (QED) is 0.527. The predicted molar refractivity (Wildman–Crippen MR) is 98.5 cm³/mol. The Morgan fingerprint density at radius 1 is 1.04 bits per heavy atom. The number of nitrogens with two attached hydrogens (primary N) is 1. The molecule has 0 fully saturated rings. The van der Waals surface area contributed by atoms with E-state index >= 15 is 0 Å². The molecule has 132 valence electrons. The number of fused-ring (bicyclic) bond motifs is 1. The number of amides is 2. The summed E-state index contributed by atoms with van der Waals surface area (Å²) in [4.78, 5) is 35.7. The molecule has 0 aliphatic carbocycles. The van der Waals surface area contributed by atoms with Gasteiger partial charge in [-0.1, -0.05) is 48.5 Å². The number of ketones is 1. The third-order valence-electron chi connectivity index (χ3n) is 4.25. The SMILES string of the molecule is C[C@@H](NC(=O)Cn1cc(C(=O)C(N)=O)c2ccccc21)c1ccccc1. The fourth-order valence-electron chi connectivity index (χ4n) is 2.96. The molecule has 0 spiro atoms. The lowest BCUT2D eigenvalue weighted by atomic mass is 10.1. The van der Waals surface area contributed by atoms with Gasteiger partial charge in [-0.25, -0.2) is 0 Å². The van der Waals surface area contributed by atoms with E-state index in [0.717, 1.165) is 5.56 Å². The Hall–Kier alpha value is -3.41. The standard InChI is InChI=1S/C20H19N3O3/c1-13(14-7-3-2-4-8-14)22-18(24)12-23-11-16(19(25)20(21)26)15-9-5-6-10-17(15)23/h2-11,13H,12H2,1H3,(H2,21,26)(H,22,24)/t13-/m1/s1. The molecule has 1 heterocycles. The van der Waals surface area contributed by atoms with Crippen LogP contribution in [0, 0.1) is 0 Å². The Balaban J connectivity index is 1.83. The second-order valence-electron chi connectivity index (χ2n) is 6.08. The number of carbonyl (C=O) groups is 3. The van der Waals surface area contributed by atoms with Crippen molar-refractivity contribution in [3.05, 3.63) is 71.9 Å². The molecule has 0 saturated heterocycles. The van der Waals surface area contributed by atoms with Crippen molar-refractivity contribution in [3.8, 4) is 0 Å². The second kappa shape index (κ2) is 7.23. The van der Waals surface area contributed by atoms with Crippen molar-refractivity contribution in [2.45, 2.75) is 19.5 Å². The highest BCUT2D eigenvalue weighted by Gasteiger charge is 2.20. The zero-order valence-corrected chi connectivity index (χ0v) is 14.3. The molecular weight excluding hydrogens is 330 g/mol. The van der Waals surface area contributed by atoms with Gasteiger partial charge in [0.1, 0.15) is 6.54 Å². The number of nitrogens with zero attached hydrogens (tertiary/aromatic N) is 1. The van der Waals surface area contributed by atoms with Gasteiger partial charge in [0.25, 0.3) is 11.7 Å². The summed E-state index contributed by atoms with van der Waals surface area (Å²) in [5, 5.41) is 3.53. The summed E-state index contributed by atoms with van der Waals surface area (Å²) in [5.74, 6) is -1.98. The molecule has 3 rings (SSSR count). The van der Waals surface area contributed by atoms with Crippen molar-refractivity contribution < 1.29 is 14.4 Å². The number of hydrogen-bond acceptors (Lipinski definition) is 3. The molecule has 2 amide bonds. The van der Waals surface area contributed by atoms with Gasteiger partial charge >= 0.3 is 0 Å². The maximum Gasteiger partial charge on any atom is 0.289 e. The van der Waals surface area contributed by atoms with Crippen LogP contribution in [0.25, 0.3) is 10.9 Å². The zero-order chi connectivity index (χ0) is 18.7. The number of Topliss-reactive ketones (excluding diaryl/α,β-unsaturated/α-hetero) is 1. The lowest BCUT2D eigenvalue weighted by Gasteiger charge is -2.15. The van der Waals surface area contributed by atoms with E-state index in [9.17, 15) is 14.4 Å². The van der Waals surface area contributed by atoms with Gasteiger partial charge < -0.3 is 15.6 Å². The van der Waals surface area contributed by atoms with Crippen LogP contribution < -0.4 is 11.1 Å². The van der Waals surface area contributed by atoms with Crippen molar-refractivity contribution in [2.24, 2.45) is 5.73 Å². The number of benzene rings is 2. The molecule has 1 atom stereocenters. The summed E-state index contributed by atoms with van der Waals surface area (Å²) >= 11 is 0. The molecule has 0 unspecified atom stereocenters. The van der Waals surface area contributed by atoms with Crippen molar-refractivity contribution in [1.82, 2.24) is 9.88 Å². The van der Waals surface area contributed by atoms with E-state index in [1.807, 2.05) is 43.3 Å². The summed E-state index contributed by atoms with van der Waals surface area (Å²) < 4.78 is 1.65. The minimum Gasteiger partial charge on any atom is -0.363 e. The maximum absolute atomic E-state index is 12.4. The zero-order valence-electron chi connectivity index (χ0n) is 14.3. The molecule has 3 aromatic rings. The van der Waals surface area contributed by atoms with Crippen LogP contribution in [-0.4, -0.2) is 22.2 Å². The molecule has 0 aliphatic heterocycles. The minimum atomic E-state index is -1.02.